The first-order valence-corrected chi connectivity index (χ1v) is 14.8. The highest BCUT2D eigenvalue weighted by Gasteiger charge is 2.15. The maximum atomic E-state index is 6.49. The van der Waals surface area contributed by atoms with Crippen molar-refractivity contribution in [2.75, 3.05) is 0 Å². The van der Waals surface area contributed by atoms with E-state index in [4.69, 9.17) is 9.72 Å². The average molecular weight is 570 g/mol. The van der Waals surface area contributed by atoms with E-state index in [1.54, 1.807) is 0 Å². The summed E-state index contributed by atoms with van der Waals surface area (Å²) in [4.78, 5) is 14.0. The topological polar surface area (TPSA) is 56.7 Å². The van der Waals surface area contributed by atoms with Crippen molar-refractivity contribution in [3.63, 3.8) is 0 Å². The van der Waals surface area contributed by atoms with Gasteiger partial charge in [-0.1, -0.05) is 29.8 Å². The molecular formula is C38H27N5O. The first-order valence-electron chi connectivity index (χ1n) is 14.8. The van der Waals surface area contributed by atoms with Crippen molar-refractivity contribution in [2.24, 2.45) is 0 Å². The Morgan fingerprint density at radius 1 is 0.523 bits per heavy atom. The number of nitrogens with zero attached hydrogens (tertiary/aromatic N) is 5. The van der Waals surface area contributed by atoms with Crippen LogP contribution in [0, 0.1) is 20.8 Å². The Balaban J connectivity index is 1.18. The number of hydrogen-bond acceptors (Lipinski definition) is 4. The maximum Gasteiger partial charge on any atom is 0.146 e. The van der Waals surface area contributed by atoms with Crippen molar-refractivity contribution >= 4 is 54.8 Å². The van der Waals surface area contributed by atoms with E-state index in [1.165, 1.54) is 33.2 Å². The quantitative estimate of drug-likeness (QED) is 0.199. The van der Waals surface area contributed by atoms with Gasteiger partial charge in [-0.2, -0.15) is 0 Å². The van der Waals surface area contributed by atoms with Gasteiger partial charge in [0.15, 0.2) is 0 Å². The zero-order chi connectivity index (χ0) is 29.5. The van der Waals surface area contributed by atoms with Crippen LogP contribution in [0.4, 0.5) is 0 Å². The molecule has 0 saturated heterocycles. The molecule has 5 aromatic heterocycles. The lowest BCUT2D eigenvalue weighted by molar-refractivity contribution is 0.484. The summed E-state index contributed by atoms with van der Waals surface area (Å²) in [7, 11) is 0. The first-order chi connectivity index (χ1) is 21.5. The average Bonchev–Trinajstić information content (AvgIpc) is 3.72. The van der Waals surface area contributed by atoms with Gasteiger partial charge in [0.05, 0.1) is 5.52 Å². The third-order valence-electron chi connectivity index (χ3n) is 8.80. The molecule has 0 fully saturated rings. The monoisotopic (exact) mass is 569 g/mol. The summed E-state index contributed by atoms with van der Waals surface area (Å²) in [5, 5.41) is 6.56. The highest BCUT2D eigenvalue weighted by Crippen LogP contribution is 2.37. The van der Waals surface area contributed by atoms with Crippen LogP contribution in [-0.2, 0) is 0 Å². The lowest BCUT2D eigenvalue weighted by Gasteiger charge is -2.15. The normalized spacial score (nSPS) is 12.0. The standard InChI is InChI=1S/C38H27N5O/c1-22-17-23(2)35(24(3)18-22)25-6-9-30-28-10-7-26(20-32(28)37-40-13-15-42(37)34(30)19-25)44-27-8-11-29-31-5-4-12-39-36(31)43-16-14-41-38(43)33(29)21-27/h4-21H,1-3H3. The number of fused-ring (bicyclic) bond motifs is 12. The summed E-state index contributed by atoms with van der Waals surface area (Å²) in [6.07, 6.45) is 9.49. The third kappa shape index (κ3) is 3.57. The highest BCUT2D eigenvalue weighted by atomic mass is 16.5. The molecule has 0 aliphatic rings. The molecule has 0 spiro atoms. The molecule has 210 valence electrons. The molecule has 5 heterocycles. The Morgan fingerprint density at radius 2 is 1.11 bits per heavy atom. The van der Waals surface area contributed by atoms with Gasteiger partial charge in [0.2, 0.25) is 0 Å². The zero-order valence-electron chi connectivity index (χ0n) is 24.5. The first kappa shape index (κ1) is 24.8. The Kier molecular flexibility index (Phi) is 5.14. The summed E-state index contributed by atoms with van der Waals surface area (Å²) in [6.45, 7) is 6.54. The molecule has 4 aromatic carbocycles. The van der Waals surface area contributed by atoms with Gasteiger partial charge in [0, 0.05) is 52.5 Å². The number of pyridine rings is 3. The molecule has 0 amide bonds. The van der Waals surface area contributed by atoms with Crippen LogP contribution in [-0.4, -0.2) is 23.8 Å². The van der Waals surface area contributed by atoms with Crippen molar-refractivity contribution in [1.29, 1.82) is 0 Å². The summed E-state index contributed by atoms with van der Waals surface area (Å²) in [5.74, 6) is 1.50. The van der Waals surface area contributed by atoms with Crippen LogP contribution in [0.25, 0.3) is 65.9 Å². The predicted octanol–water partition coefficient (Wildman–Crippen LogP) is 9.37. The van der Waals surface area contributed by atoms with E-state index in [1.807, 2.05) is 53.6 Å². The van der Waals surface area contributed by atoms with Crippen molar-refractivity contribution in [3.8, 4) is 22.6 Å². The van der Waals surface area contributed by atoms with Gasteiger partial charge >= 0.3 is 0 Å². The Labute approximate surface area is 252 Å². The minimum Gasteiger partial charge on any atom is -0.457 e. The molecule has 9 rings (SSSR count). The van der Waals surface area contributed by atoms with Crippen molar-refractivity contribution in [1.82, 2.24) is 23.8 Å². The second-order valence-electron chi connectivity index (χ2n) is 11.6. The van der Waals surface area contributed by atoms with E-state index >= 15 is 0 Å². The molecule has 44 heavy (non-hydrogen) atoms. The van der Waals surface area contributed by atoms with Crippen LogP contribution in [0.5, 0.6) is 11.5 Å². The SMILES string of the molecule is Cc1cc(C)c(-c2ccc3c4ccc(Oc5ccc6c7cccnc7n7ccnc7c6c5)cc4c4nccn4c3c2)c(C)c1. The van der Waals surface area contributed by atoms with E-state index in [-0.39, 0.29) is 0 Å². The van der Waals surface area contributed by atoms with Gasteiger partial charge < -0.3 is 4.74 Å². The van der Waals surface area contributed by atoms with Gasteiger partial charge in [-0.05, 0) is 108 Å². The fourth-order valence-corrected chi connectivity index (χ4v) is 7.07. The van der Waals surface area contributed by atoms with Gasteiger partial charge in [-0.15, -0.1) is 0 Å². The maximum absolute atomic E-state index is 6.49. The van der Waals surface area contributed by atoms with E-state index in [0.29, 0.717) is 0 Å². The molecule has 0 unspecified atom stereocenters. The van der Waals surface area contributed by atoms with E-state index in [9.17, 15) is 0 Å². The lowest BCUT2D eigenvalue weighted by atomic mass is 9.92. The third-order valence-corrected chi connectivity index (χ3v) is 8.80. The summed E-state index contributed by atoms with van der Waals surface area (Å²) in [6, 6.07) is 27.8. The van der Waals surface area contributed by atoms with Crippen molar-refractivity contribution in [2.45, 2.75) is 20.8 Å². The number of aryl methyl sites for hydroxylation is 3. The van der Waals surface area contributed by atoms with Crippen LogP contribution in [0.1, 0.15) is 16.7 Å². The lowest BCUT2D eigenvalue weighted by Crippen LogP contribution is -1.95. The molecular weight excluding hydrogens is 542 g/mol. The Bertz CT molecular complexity index is 2600. The number of hydrogen-bond donors (Lipinski definition) is 0. The van der Waals surface area contributed by atoms with Crippen LogP contribution in [0.15, 0.2) is 110 Å². The predicted molar refractivity (Wildman–Crippen MR) is 178 cm³/mol. The molecule has 0 atom stereocenters. The molecule has 6 nitrogen and oxygen atoms in total. The van der Waals surface area contributed by atoms with Crippen molar-refractivity contribution in [3.05, 3.63) is 127 Å². The molecule has 0 N–H and O–H groups in total. The molecule has 6 heteroatoms. The molecule has 0 aliphatic carbocycles. The van der Waals surface area contributed by atoms with Gasteiger partial charge in [0.25, 0.3) is 0 Å². The number of ether oxygens (including phenoxy) is 1. The minimum absolute atomic E-state index is 0.749. The largest absolute Gasteiger partial charge is 0.457 e. The highest BCUT2D eigenvalue weighted by molar-refractivity contribution is 6.13. The Hall–Kier alpha value is -5.75. The summed E-state index contributed by atoms with van der Waals surface area (Å²) >= 11 is 0. The second kappa shape index (κ2) is 9.12. The van der Waals surface area contributed by atoms with Gasteiger partial charge in [-0.25, -0.2) is 15.0 Å². The van der Waals surface area contributed by atoms with E-state index in [2.05, 4.69) is 95.8 Å². The number of benzene rings is 4. The van der Waals surface area contributed by atoms with Crippen LogP contribution >= 0.6 is 0 Å². The summed E-state index contributed by atoms with van der Waals surface area (Å²) in [5.41, 5.74) is 10.2. The summed E-state index contributed by atoms with van der Waals surface area (Å²) < 4.78 is 10.7. The van der Waals surface area contributed by atoms with Gasteiger partial charge in [0.1, 0.15) is 28.4 Å². The van der Waals surface area contributed by atoms with Crippen LogP contribution in [0.3, 0.4) is 0 Å². The molecule has 0 saturated carbocycles. The number of rotatable bonds is 3. The molecule has 9 aromatic rings. The van der Waals surface area contributed by atoms with Crippen LogP contribution < -0.4 is 4.74 Å². The van der Waals surface area contributed by atoms with Crippen LogP contribution in [0.2, 0.25) is 0 Å². The van der Waals surface area contributed by atoms with Crippen molar-refractivity contribution < 1.29 is 4.74 Å². The smallest absolute Gasteiger partial charge is 0.146 e. The fourth-order valence-electron chi connectivity index (χ4n) is 7.07. The second-order valence-corrected chi connectivity index (χ2v) is 11.6. The fraction of sp³-hybridized carbons (Fsp3) is 0.0789. The van der Waals surface area contributed by atoms with E-state index < -0.39 is 0 Å². The molecule has 0 bridgehead atoms. The zero-order valence-corrected chi connectivity index (χ0v) is 24.5. The number of aromatic nitrogens is 5. The molecule has 0 radical (unpaired) electrons. The molecule has 0 aliphatic heterocycles. The minimum atomic E-state index is 0.749. The number of imidazole rings is 2. The Morgan fingerprint density at radius 3 is 1.84 bits per heavy atom. The van der Waals surface area contributed by atoms with Gasteiger partial charge in [-0.3, -0.25) is 8.80 Å². The van der Waals surface area contributed by atoms with E-state index in [0.717, 1.165) is 60.9 Å².